The first-order chi connectivity index (χ1) is 12.0. The van der Waals surface area contributed by atoms with Gasteiger partial charge in [0.25, 0.3) is 0 Å². The van der Waals surface area contributed by atoms with Crippen LogP contribution in [0.5, 0.6) is 11.5 Å². The molecule has 0 radical (unpaired) electrons. The largest absolute Gasteiger partial charge is 0.508 e. The lowest BCUT2D eigenvalue weighted by molar-refractivity contribution is -0.118. The van der Waals surface area contributed by atoms with Crippen LogP contribution in [0, 0.1) is 0 Å². The number of para-hydroxylation sites is 1. The first-order valence-electron chi connectivity index (χ1n) is 7.31. The van der Waals surface area contributed by atoms with Crippen LogP contribution >= 0.6 is 11.8 Å². The molecule has 0 spiro atoms. The van der Waals surface area contributed by atoms with Gasteiger partial charge in [-0.1, -0.05) is 18.2 Å². The van der Waals surface area contributed by atoms with E-state index < -0.39 is 0 Å². The molecule has 0 aliphatic rings. The molecular weight excluding hydrogens is 342 g/mol. The Morgan fingerprint density at radius 1 is 1.04 bits per heavy atom. The summed E-state index contributed by atoms with van der Waals surface area (Å²) in [6.07, 6.45) is 1.26. The number of hydrogen-bond acceptors (Lipinski definition) is 6. The predicted molar refractivity (Wildman–Crippen MR) is 97.9 cm³/mol. The second kappa shape index (κ2) is 9.33. The summed E-state index contributed by atoms with van der Waals surface area (Å²) in [4.78, 5) is 23.3. The van der Waals surface area contributed by atoms with Gasteiger partial charge >= 0.3 is 0 Å². The minimum atomic E-state index is -0.368. The summed E-state index contributed by atoms with van der Waals surface area (Å²) >= 11 is 1.16. The highest BCUT2D eigenvalue weighted by Gasteiger charge is 2.05. The summed E-state index contributed by atoms with van der Waals surface area (Å²) in [5, 5.41) is 25.2. The number of benzene rings is 2. The van der Waals surface area contributed by atoms with E-state index >= 15 is 0 Å². The number of aromatic hydroxyl groups is 2. The highest BCUT2D eigenvalue weighted by atomic mass is 32.2. The number of nitrogens with zero attached hydrogens (tertiary/aromatic N) is 1. The number of carbonyl (C=O) groups is 2. The van der Waals surface area contributed by atoms with Crippen molar-refractivity contribution in [1.29, 1.82) is 0 Å². The van der Waals surface area contributed by atoms with Gasteiger partial charge in [-0.15, -0.1) is 11.8 Å². The number of phenolic OH excluding ortho intramolecular Hbond substituents is 2. The fraction of sp³-hybridized carbons (Fsp3) is 0.118. The normalized spacial score (nSPS) is 10.6. The number of carbonyl (C=O) groups excluding carboxylic acids is 2. The number of thioether (sulfide) groups is 1. The summed E-state index contributed by atoms with van der Waals surface area (Å²) < 4.78 is 0. The molecule has 2 aromatic rings. The molecule has 0 unspecified atom stereocenters. The Balaban J connectivity index is 1.68. The van der Waals surface area contributed by atoms with Crippen molar-refractivity contribution in [3.63, 3.8) is 0 Å². The molecule has 0 saturated carbocycles. The summed E-state index contributed by atoms with van der Waals surface area (Å²) in [6.45, 7) is 0. The Hall–Kier alpha value is -3.00. The minimum Gasteiger partial charge on any atom is -0.508 e. The van der Waals surface area contributed by atoms with Crippen LogP contribution in [-0.2, 0) is 9.59 Å². The fourth-order valence-corrected chi connectivity index (χ4v) is 2.41. The van der Waals surface area contributed by atoms with E-state index in [4.69, 9.17) is 0 Å². The van der Waals surface area contributed by atoms with E-state index in [1.54, 1.807) is 12.1 Å². The quantitative estimate of drug-likeness (QED) is 0.446. The number of amides is 2. The number of anilines is 1. The molecule has 0 aliphatic carbocycles. The summed E-state index contributed by atoms with van der Waals surface area (Å²) in [6, 6.07) is 13.1. The smallest absolute Gasteiger partial charge is 0.250 e. The van der Waals surface area contributed by atoms with Gasteiger partial charge in [-0.2, -0.15) is 5.10 Å². The van der Waals surface area contributed by atoms with Crippen LogP contribution < -0.4 is 10.7 Å². The monoisotopic (exact) mass is 359 g/mol. The molecular formula is C17H17N3O4S. The number of phenols is 2. The molecule has 0 atom stereocenters. The van der Waals surface area contributed by atoms with Crippen LogP contribution in [-0.4, -0.2) is 39.7 Å². The van der Waals surface area contributed by atoms with Crippen LogP contribution in [0.1, 0.15) is 5.56 Å². The second-order valence-corrected chi connectivity index (χ2v) is 5.93. The molecule has 0 saturated heterocycles. The van der Waals surface area contributed by atoms with Gasteiger partial charge in [-0.05, 0) is 24.3 Å². The van der Waals surface area contributed by atoms with Gasteiger partial charge < -0.3 is 15.5 Å². The Kier molecular flexibility index (Phi) is 6.85. The van der Waals surface area contributed by atoms with Crippen LogP contribution in [0.3, 0.4) is 0 Å². The molecule has 0 bridgehead atoms. The number of nitrogens with one attached hydrogen (secondary N) is 2. The second-order valence-electron chi connectivity index (χ2n) is 4.94. The molecule has 8 heteroatoms. The topological polar surface area (TPSA) is 111 Å². The van der Waals surface area contributed by atoms with Crippen LogP contribution in [0.4, 0.5) is 5.69 Å². The van der Waals surface area contributed by atoms with Crippen molar-refractivity contribution in [3.8, 4) is 11.5 Å². The lowest BCUT2D eigenvalue weighted by atomic mass is 10.2. The lowest BCUT2D eigenvalue weighted by Gasteiger charge is -2.04. The molecule has 2 rings (SSSR count). The van der Waals surface area contributed by atoms with Crippen molar-refractivity contribution in [2.75, 3.05) is 16.8 Å². The Morgan fingerprint density at radius 2 is 1.76 bits per heavy atom. The lowest BCUT2D eigenvalue weighted by Crippen LogP contribution is -2.21. The van der Waals surface area contributed by atoms with Crippen LogP contribution in [0.25, 0.3) is 0 Å². The van der Waals surface area contributed by atoms with Gasteiger partial charge in [-0.25, -0.2) is 5.43 Å². The third-order valence-corrected chi connectivity index (χ3v) is 3.86. The van der Waals surface area contributed by atoms with E-state index in [0.29, 0.717) is 11.3 Å². The third-order valence-electron chi connectivity index (χ3n) is 2.93. The van der Waals surface area contributed by atoms with E-state index in [-0.39, 0.29) is 34.8 Å². The Bertz CT molecular complexity index is 766. The summed E-state index contributed by atoms with van der Waals surface area (Å²) in [5.41, 5.74) is 3.36. The molecule has 0 fully saturated rings. The van der Waals surface area contributed by atoms with Crippen molar-refractivity contribution in [1.82, 2.24) is 5.43 Å². The molecule has 130 valence electrons. The zero-order valence-electron chi connectivity index (χ0n) is 13.2. The standard InChI is InChI=1S/C17H17N3O4S/c21-14-7-6-12(15(22)8-14)9-18-20-17(24)11-25-10-16(23)19-13-4-2-1-3-5-13/h1-9,21-22H,10-11H2,(H,19,23)(H,20,24)/b18-9+. The number of hydrazone groups is 1. The highest BCUT2D eigenvalue weighted by Crippen LogP contribution is 2.20. The van der Waals surface area contributed by atoms with E-state index in [2.05, 4.69) is 15.8 Å². The third kappa shape index (κ3) is 6.56. The van der Waals surface area contributed by atoms with Crippen molar-refractivity contribution >= 4 is 35.5 Å². The first kappa shape index (κ1) is 18.3. The molecule has 0 aromatic heterocycles. The van der Waals surface area contributed by atoms with Gasteiger partial charge in [0.2, 0.25) is 11.8 Å². The van der Waals surface area contributed by atoms with Gasteiger partial charge in [-0.3, -0.25) is 9.59 Å². The molecule has 25 heavy (non-hydrogen) atoms. The van der Waals surface area contributed by atoms with Crippen LogP contribution in [0.15, 0.2) is 53.6 Å². The maximum atomic E-state index is 11.7. The fourth-order valence-electron chi connectivity index (χ4n) is 1.80. The van der Waals surface area contributed by atoms with Crippen molar-refractivity contribution < 1.29 is 19.8 Å². The van der Waals surface area contributed by atoms with E-state index in [0.717, 1.165) is 11.8 Å². The molecule has 0 aliphatic heterocycles. The van der Waals surface area contributed by atoms with E-state index in [1.807, 2.05) is 18.2 Å². The minimum absolute atomic E-state index is 0.0659. The highest BCUT2D eigenvalue weighted by molar-refractivity contribution is 8.00. The molecule has 7 nitrogen and oxygen atoms in total. The summed E-state index contributed by atoms with van der Waals surface area (Å²) in [7, 11) is 0. The van der Waals surface area contributed by atoms with Crippen molar-refractivity contribution in [2.24, 2.45) is 5.10 Å². The summed E-state index contributed by atoms with van der Waals surface area (Å²) in [5.74, 6) is -0.561. The average molecular weight is 359 g/mol. The molecule has 2 amide bonds. The Labute approximate surface area is 148 Å². The van der Waals surface area contributed by atoms with Crippen molar-refractivity contribution in [3.05, 3.63) is 54.1 Å². The SMILES string of the molecule is O=C(CSCC(=O)Nc1ccccc1)N/N=C/c1ccc(O)cc1O. The van der Waals surface area contributed by atoms with Crippen molar-refractivity contribution in [2.45, 2.75) is 0 Å². The molecule has 4 N–H and O–H groups in total. The molecule has 0 heterocycles. The zero-order chi connectivity index (χ0) is 18.1. The van der Waals surface area contributed by atoms with Gasteiger partial charge in [0.1, 0.15) is 11.5 Å². The molecule has 2 aromatic carbocycles. The average Bonchev–Trinajstić information content (AvgIpc) is 2.58. The Morgan fingerprint density at radius 3 is 2.48 bits per heavy atom. The maximum Gasteiger partial charge on any atom is 0.250 e. The van der Waals surface area contributed by atoms with E-state index in [1.165, 1.54) is 24.4 Å². The van der Waals surface area contributed by atoms with E-state index in [9.17, 15) is 19.8 Å². The van der Waals surface area contributed by atoms with Gasteiger partial charge in [0.05, 0.1) is 17.7 Å². The predicted octanol–water partition coefficient (Wildman–Crippen LogP) is 1.92. The van der Waals surface area contributed by atoms with Gasteiger partial charge in [0, 0.05) is 17.3 Å². The zero-order valence-corrected chi connectivity index (χ0v) is 14.0. The first-order valence-corrected chi connectivity index (χ1v) is 8.46. The van der Waals surface area contributed by atoms with Gasteiger partial charge in [0.15, 0.2) is 0 Å². The number of rotatable bonds is 7. The number of hydrogen-bond donors (Lipinski definition) is 4. The maximum absolute atomic E-state index is 11.7. The van der Waals surface area contributed by atoms with Crippen LogP contribution in [0.2, 0.25) is 0 Å².